The molecule has 2 heterocycles. The van der Waals surface area contributed by atoms with Gasteiger partial charge >= 0.3 is 0 Å². The van der Waals surface area contributed by atoms with Crippen molar-refractivity contribution in [3.63, 3.8) is 0 Å². The highest BCUT2D eigenvalue weighted by molar-refractivity contribution is 6.62. The van der Waals surface area contributed by atoms with Crippen LogP contribution in [0.3, 0.4) is 0 Å². The summed E-state index contributed by atoms with van der Waals surface area (Å²) in [5, 5.41) is -1.31. The van der Waals surface area contributed by atoms with E-state index in [4.69, 9.17) is 11.6 Å². The number of hydrogen-bond donors (Lipinski definition) is 1. The summed E-state index contributed by atoms with van der Waals surface area (Å²) < 4.78 is 31.7. The summed E-state index contributed by atoms with van der Waals surface area (Å²) in [6.07, 6.45) is 3.51. The molecule has 184 valence electrons. The molecule has 3 rings (SSSR count). The zero-order valence-electron chi connectivity index (χ0n) is 24.0. The van der Waals surface area contributed by atoms with Crippen LogP contribution in [0.5, 0.6) is 0 Å². The van der Waals surface area contributed by atoms with Gasteiger partial charge in [-0.15, -0.1) is 0 Å². The number of aryl methyl sites for hydroxylation is 1. The molecule has 0 atom stereocenters. The lowest BCUT2D eigenvalue weighted by molar-refractivity contribution is -0.0196. The van der Waals surface area contributed by atoms with Gasteiger partial charge in [-0.05, 0) is 51.8 Å². The first-order valence-corrected chi connectivity index (χ1v) is 13.1. The third kappa shape index (κ3) is 4.46. The van der Waals surface area contributed by atoms with Crippen molar-refractivity contribution < 1.29 is 13.6 Å². The normalized spacial score (nSPS) is 21.2. The van der Waals surface area contributed by atoms with Crippen LogP contribution in [-0.4, -0.2) is 122 Å². The van der Waals surface area contributed by atoms with Crippen molar-refractivity contribution in [3.05, 3.63) is 58.4 Å². The van der Waals surface area contributed by atoms with Gasteiger partial charge in [0.2, 0.25) is 0 Å². The number of carbonyl (C=O) groups excluding carboxylic acids is 1. The lowest BCUT2D eigenvalue weighted by Gasteiger charge is -2.74. The number of rotatable bonds is 5. The van der Waals surface area contributed by atoms with Gasteiger partial charge in [-0.2, -0.15) is 0 Å². The van der Waals surface area contributed by atoms with Crippen molar-refractivity contribution in [2.75, 3.05) is 6.54 Å². The number of hydrogen-bond acceptors (Lipinski definition) is 4. The maximum absolute atomic E-state index is 17.9. The Labute approximate surface area is 233 Å². The Morgan fingerprint density at radius 2 is 1.51 bits per heavy atom. The summed E-state index contributed by atoms with van der Waals surface area (Å²) in [5.41, 5.74) is -0.556. The van der Waals surface area contributed by atoms with Crippen LogP contribution in [0.4, 0.5) is 8.78 Å². The van der Waals surface area contributed by atoms with Crippen LogP contribution in [0, 0.1) is 12.7 Å². The van der Waals surface area contributed by atoms with Gasteiger partial charge in [0.25, 0.3) is 5.91 Å². The molecule has 0 bridgehead atoms. The number of carbonyl (C=O) groups is 1. The van der Waals surface area contributed by atoms with E-state index in [0.29, 0.717) is 5.82 Å². The molecule has 1 fully saturated rings. The Hall–Kier alpha value is -1.47. The summed E-state index contributed by atoms with van der Waals surface area (Å²) in [6, 6.07) is 3.96. The third-order valence-electron chi connectivity index (χ3n) is 9.64. The number of piperidine rings is 1. The number of likely N-dealkylation sites (tertiary alicyclic amines) is 1. The lowest BCUT2D eigenvalue weighted by atomic mass is 9.15. The fourth-order valence-electron chi connectivity index (χ4n) is 5.85. The van der Waals surface area contributed by atoms with Crippen molar-refractivity contribution in [2.24, 2.45) is 0 Å². The van der Waals surface area contributed by atoms with Crippen molar-refractivity contribution >= 4 is 96.0 Å². The molecule has 0 saturated carbocycles. The summed E-state index contributed by atoms with van der Waals surface area (Å²) in [5.74, 6) is -0.330. The lowest BCUT2D eigenvalue weighted by Crippen LogP contribution is -2.85. The molecule has 0 unspecified atom stereocenters. The summed E-state index contributed by atoms with van der Waals surface area (Å²) >= 11 is 6.02. The van der Waals surface area contributed by atoms with Crippen molar-refractivity contribution in [1.29, 1.82) is 0 Å². The molecule has 18 heteroatoms. The Morgan fingerprint density at radius 1 is 1.03 bits per heavy atom. The van der Waals surface area contributed by atoms with Crippen LogP contribution < -0.4 is 5.32 Å². The van der Waals surface area contributed by atoms with Crippen LogP contribution in [-0.2, 0) is 5.34 Å². The predicted octanol–water partition coefficient (Wildman–Crippen LogP) is -6.99. The van der Waals surface area contributed by atoms with Gasteiger partial charge in [-0.25, -0.2) is 18.7 Å². The molecule has 1 saturated heterocycles. The Balaban J connectivity index is 2.08. The minimum Gasteiger partial charge on any atom is -0.361 e. The van der Waals surface area contributed by atoms with Crippen LogP contribution >= 0.6 is 11.6 Å². The van der Waals surface area contributed by atoms with Gasteiger partial charge in [-0.1, -0.05) is 11.6 Å². The van der Waals surface area contributed by atoms with Gasteiger partial charge in [0.15, 0.2) is 0 Å². The molecule has 1 aliphatic rings. The van der Waals surface area contributed by atoms with E-state index in [1.807, 2.05) is 85.4 Å². The molecule has 1 N–H and O–H groups in total. The molecule has 1 aromatic heterocycles. The topological polar surface area (TPSA) is 58.1 Å². The SMILES string of the molecule is BC(B)(NCC1(F)C(B)(B)C(B)(B)N(C(=O)c2ccc(F)c(Cl)c2)C(B)(B)C1(B)B)c1ncc(C)cn1. The van der Waals surface area contributed by atoms with E-state index in [0.717, 1.165) is 5.56 Å². The summed E-state index contributed by atoms with van der Waals surface area (Å²) in [7, 11) is 19.0. The molecular weight excluding hydrogens is 482 g/mol. The second-order valence-corrected chi connectivity index (χ2v) is 13.4. The number of alkyl halides is 1. The Kier molecular flexibility index (Phi) is 7.58. The van der Waals surface area contributed by atoms with E-state index >= 15 is 4.39 Å². The number of amides is 1. The number of benzene rings is 1. The van der Waals surface area contributed by atoms with E-state index < -0.39 is 37.9 Å². The highest BCUT2D eigenvalue weighted by Gasteiger charge is 2.71. The molecule has 0 radical (unpaired) electrons. The zero-order chi connectivity index (χ0) is 28.4. The smallest absolute Gasteiger partial charge is 0.252 e. The fourth-order valence-corrected chi connectivity index (χ4v) is 6.03. The van der Waals surface area contributed by atoms with Gasteiger partial charge < -0.3 is 10.2 Å². The average molecular weight is 513 g/mol. The van der Waals surface area contributed by atoms with Crippen molar-refractivity contribution in [2.45, 2.75) is 39.0 Å². The van der Waals surface area contributed by atoms with Gasteiger partial charge in [-0.3, -0.25) is 4.79 Å². The maximum atomic E-state index is 17.9. The molecule has 0 spiro atoms. The summed E-state index contributed by atoms with van der Waals surface area (Å²) in [6.45, 7) is 1.94. The quantitative estimate of drug-likeness (QED) is 0.405. The predicted molar refractivity (Wildman–Crippen MR) is 174 cm³/mol. The van der Waals surface area contributed by atoms with Gasteiger partial charge in [0.05, 0.1) is 5.02 Å². The first-order chi connectivity index (χ1) is 16.6. The molecule has 5 nitrogen and oxygen atoms in total. The standard InChI is InChI=1S/C19H31B10ClF2N4O/c1-8-5-33-13(34-6-8)15(20,21)35-7-14(32)16(22,23)18(26,27)36(19(28,29)17(14,24)25)12(37)9-2-3-11(31)10(30)4-9/h2-6,35H,7,20-29H2,1H3. The first-order valence-electron chi connectivity index (χ1n) is 12.7. The minimum absolute atomic E-state index is 0.0223. The Morgan fingerprint density at radius 3 is 1.97 bits per heavy atom. The van der Waals surface area contributed by atoms with Crippen LogP contribution in [0.15, 0.2) is 30.6 Å². The monoisotopic (exact) mass is 514 g/mol. The van der Waals surface area contributed by atoms with E-state index in [-0.39, 0.29) is 23.0 Å². The second kappa shape index (κ2) is 9.32. The highest BCUT2D eigenvalue weighted by Crippen LogP contribution is 2.64. The van der Waals surface area contributed by atoms with E-state index in [1.54, 1.807) is 17.3 Å². The van der Waals surface area contributed by atoms with Crippen LogP contribution in [0.2, 0.25) is 15.5 Å². The maximum Gasteiger partial charge on any atom is 0.252 e. The highest BCUT2D eigenvalue weighted by atomic mass is 35.5. The van der Waals surface area contributed by atoms with E-state index in [9.17, 15) is 9.18 Å². The molecule has 1 aromatic carbocycles. The van der Waals surface area contributed by atoms with E-state index in [1.165, 1.54) is 18.2 Å². The Bertz CT molecular complexity index is 1190. The minimum atomic E-state index is -1.77. The number of halogens is 3. The molecule has 0 aliphatic carbocycles. The molecule has 1 amide bonds. The number of nitrogens with zero attached hydrogens (tertiary/aromatic N) is 3. The molecule has 2 aromatic rings. The zero-order valence-corrected chi connectivity index (χ0v) is 24.7. The van der Waals surface area contributed by atoms with Crippen molar-refractivity contribution in [1.82, 2.24) is 20.2 Å². The van der Waals surface area contributed by atoms with Crippen LogP contribution in [0.1, 0.15) is 21.7 Å². The largest absolute Gasteiger partial charge is 0.361 e. The molecule has 1 aliphatic heterocycles. The first kappa shape index (κ1) is 30.1. The van der Waals surface area contributed by atoms with E-state index in [2.05, 4.69) is 15.3 Å². The number of nitrogens with one attached hydrogen (secondary N) is 1. The third-order valence-corrected chi connectivity index (χ3v) is 9.93. The van der Waals surface area contributed by atoms with Crippen molar-refractivity contribution in [3.8, 4) is 0 Å². The van der Waals surface area contributed by atoms with Crippen LogP contribution in [0.25, 0.3) is 0 Å². The average Bonchev–Trinajstić information content (AvgIpc) is 2.78. The molecule has 37 heavy (non-hydrogen) atoms. The molecular formula is C19H31B10ClF2N4O. The fraction of sp³-hybridized carbons (Fsp3) is 0.421. The second-order valence-electron chi connectivity index (χ2n) is 13.0. The summed E-state index contributed by atoms with van der Waals surface area (Å²) in [4.78, 5) is 24.7. The van der Waals surface area contributed by atoms with Gasteiger partial charge in [0, 0.05) is 29.8 Å². The number of aromatic nitrogens is 2. The van der Waals surface area contributed by atoms with Gasteiger partial charge in [0.1, 0.15) is 95.8 Å².